The number of anilines is 1. The number of benzene rings is 1. The molecular weight excluding hydrogens is 207 g/mol. The van der Waals surface area contributed by atoms with Crippen LogP contribution < -0.4 is 11.1 Å². The molecule has 1 saturated heterocycles. The molecule has 1 aromatic rings. The SMILES string of the molecule is Nc1c(Cl)cc([C@@H]2CCN2)cc1Cl. The second-order valence-electron chi connectivity index (χ2n) is 3.19. The van der Waals surface area contributed by atoms with E-state index in [0.717, 1.165) is 18.5 Å². The van der Waals surface area contributed by atoms with Gasteiger partial charge in [-0.25, -0.2) is 0 Å². The number of halogens is 2. The van der Waals surface area contributed by atoms with Crippen LogP contribution in [0, 0.1) is 0 Å². The Labute approximate surface area is 87.0 Å². The van der Waals surface area contributed by atoms with E-state index >= 15 is 0 Å². The van der Waals surface area contributed by atoms with E-state index in [0.29, 0.717) is 21.8 Å². The number of hydrogen-bond acceptors (Lipinski definition) is 2. The summed E-state index contributed by atoms with van der Waals surface area (Å²) in [5.41, 5.74) is 7.21. The quantitative estimate of drug-likeness (QED) is 0.709. The monoisotopic (exact) mass is 216 g/mol. The number of nitrogens with one attached hydrogen (secondary N) is 1. The summed E-state index contributed by atoms with van der Waals surface area (Å²) in [7, 11) is 0. The van der Waals surface area contributed by atoms with Crippen LogP contribution in [0.1, 0.15) is 18.0 Å². The first-order chi connectivity index (χ1) is 6.18. The van der Waals surface area contributed by atoms with Crippen LogP contribution in [-0.4, -0.2) is 6.54 Å². The maximum absolute atomic E-state index is 5.91. The second-order valence-corrected chi connectivity index (χ2v) is 4.01. The van der Waals surface area contributed by atoms with Crippen LogP contribution in [-0.2, 0) is 0 Å². The van der Waals surface area contributed by atoms with Gasteiger partial charge in [0.1, 0.15) is 0 Å². The van der Waals surface area contributed by atoms with Gasteiger partial charge >= 0.3 is 0 Å². The molecule has 0 radical (unpaired) electrons. The molecule has 1 fully saturated rings. The van der Waals surface area contributed by atoms with Crippen LogP contribution in [0.4, 0.5) is 5.69 Å². The Hall–Kier alpha value is -0.440. The van der Waals surface area contributed by atoms with Crippen LogP contribution in [0.15, 0.2) is 12.1 Å². The molecule has 0 spiro atoms. The highest BCUT2D eigenvalue weighted by molar-refractivity contribution is 6.38. The van der Waals surface area contributed by atoms with Gasteiger partial charge in [0.05, 0.1) is 15.7 Å². The molecule has 0 saturated carbocycles. The summed E-state index contributed by atoms with van der Waals surface area (Å²) in [6.45, 7) is 1.06. The van der Waals surface area contributed by atoms with Gasteiger partial charge in [0.25, 0.3) is 0 Å². The Morgan fingerprint density at radius 1 is 1.31 bits per heavy atom. The van der Waals surface area contributed by atoms with Crippen LogP contribution in [0.2, 0.25) is 10.0 Å². The topological polar surface area (TPSA) is 38.0 Å². The molecule has 0 amide bonds. The summed E-state index contributed by atoms with van der Waals surface area (Å²) in [5.74, 6) is 0. The highest BCUT2D eigenvalue weighted by atomic mass is 35.5. The van der Waals surface area contributed by atoms with E-state index in [2.05, 4.69) is 5.32 Å². The molecule has 70 valence electrons. The van der Waals surface area contributed by atoms with Gasteiger partial charge in [-0.3, -0.25) is 0 Å². The lowest BCUT2D eigenvalue weighted by molar-refractivity contribution is 0.383. The third-order valence-corrected chi connectivity index (χ3v) is 2.95. The van der Waals surface area contributed by atoms with Gasteiger partial charge in [-0.1, -0.05) is 23.2 Å². The van der Waals surface area contributed by atoms with Crippen molar-refractivity contribution < 1.29 is 0 Å². The second kappa shape index (κ2) is 3.37. The van der Waals surface area contributed by atoms with E-state index in [-0.39, 0.29) is 0 Å². The maximum atomic E-state index is 5.91. The Morgan fingerprint density at radius 3 is 2.23 bits per heavy atom. The fourth-order valence-corrected chi connectivity index (χ4v) is 1.88. The van der Waals surface area contributed by atoms with Crippen LogP contribution >= 0.6 is 23.2 Å². The molecule has 1 atom stereocenters. The Bertz CT molecular complexity index is 311. The molecule has 1 heterocycles. The van der Waals surface area contributed by atoms with Crippen molar-refractivity contribution in [3.8, 4) is 0 Å². The van der Waals surface area contributed by atoms with E-state index in [9.17, 15) is 0 Å². The number of nitrogens with two attached hydrogens (primary N) is 1. The van der Waals surface area contributed by atoms with Gasteiger partial charge in [-0.05, 0) is 30.7 Å². The smallest absolute Gasteiger partial charge is 0.0693 e. The lowest BCUT2D eigenvalue weighted by Gasteiger charge is -2.28. The summed E-state index contributed by atoms with van der Waals surface area (Å²) in [6, 6.07) is 4.15. The van der Waals surface area contributed by atoms with Gasteiger partial charge in [0.15, 0.2) is 0 Å². The summed E-state index contributed by atoms with van der Waals surface area (Å²) in [5, 5.41) is 4.35. The zero-order valence-electron chi connectivity index (χ0n) is 6.98. The van der Waals surface area contributed by atoms with Gasteiger partial charge in [0.2, 0.25) is 0 Å². The molecule has 13 heavy (non-hydrogen) atoms. The molecule has 2 rings (SSSR count). The standard InChI is InChI=1S/C9H10Cl2N2/c10-6-3-5(8-1-2-13-8)4-7(11)9(6)12/h3-4,8,13H,1-2,12H2/t8-/m0/s1. The Morgan fingerprint density at radius 2 is 1.85 bits per heavy atom. The molecule has 1 aromatic carbocycles. The molecule has 4 heteroatoms. The van der Waals surface area contributed by atoms with Crippen LogP contribution in [0.5, 0.6) is 0 Å². The Balaban J connectivity index is 2.37. The summed E-state index contributed by atoms with van der Waals surface area (Å²) >= 11 is 11.8. The van der Waals surface area contributed by atoms with Gasteiger partial charge in [-0.2, -0.15) is 0 Å². The van der Waals surface area contributed by atoms with Crippen molar-refractivity contribution in [2.45, 2.75) is 12.5 Å². The van der Waals surface area contributed by atoms with Crippen molar-refractivity contribution in [2.24, 2.45) is 0 Å². The lowest BCUT2D eigenvalue weighted by atomic mass is 9.98. The molecule has 0 aliphatic carbocycles. The van der Waals surface area contributed by atoms with Crippen molar-refractivity contribution in [3.05, 3.63) is 27.7 Å². The molecule has 1 aliphatic heterocycles. The molecule has 3 N–H and O–H groups in total. The molecule has 0 unspecified atom stereocenters. The molecule has 0 aromatic heterocycles. The molecule has 0 bridgehead atoms. The first kappa shape index (κ1) is 9.13. The van der Waals surface area contributed by atoms with Crippen LogP contribution in [0.25, 0.3) is 0 Å². The van der Waals surface area contributed by atoms with Crippen molar-refractivity contribution in [1.29, 1.82) is 0 Å². The minimum atomic E-state index is 0.399. The predicted molar refractivity (Wildman–Crippen MR) is 56.2 cm³/mol. The zero-order chi connectivity index (χ0) is 9.42. The van der Waals surface area contributed by atoms with E-state index in [4.69, 9.17) is 28.9 Å². The Kier molecular flexibility index (Phi) is 2.37. The average molecular weight is 217 g/mol. The summed E-state index contributed by atoms with van der Waals surface area (Å²) < 4.78 is 0. The fraction of sp³-hybridized carbons (Fsp3) is 0.333. The first-order valence-corrected chi connectivity index (χ1v) is 4.92. The molecular formula is C9H10Cl2N2. The van der Waals surface area contributed by atoms with E-state index in [1.165, 1.54) is 0 Å². The van der Waals surface area contributed by atoms with Crippen molar-refractivity contribution >= 4 is 28.9 Å². The van der Waals surface area contributed by atoms with Crippen LogP contribution in [0.3, 0.4) is 0 Å². The third-order valence-electron chi connectivity index (χ3n) is 2.33. The van der Waals surface area contributed by atoms with Crippen molar-refractivity contribution in [3.63, 3.8) is 0 Å². The van der Waals surface area contributed by atoms with Gasteiger partial charge in [0, 0.05) is 6.04 Å². The average Bonchev–Trinajstić information content (AvgIpc) is 1.96. The minimum Gasteiger partial charge on any atom is -0.396 e. The zero-order valence-corrected chi connectivity index (χ0v) is 8.49. The minimum absolute atomic E-state index is 0.399. The van der Waals surface area contributed by atoms with E-state index < -0.39 is 0 Å². The maximum Gasteiger partial charge on any atom is 0.0693 e. The molecule has 2 nitrogen and oxygen atoms in total. The fourth-order valence-electron chi connectivity index (χ4n) is 1.38. The van der Waals surface area contributed by atoms with Crippen molar-refractivity contribution in [1.82, 2.24) is 5.32 Å². The summed E-state index contributed by atoms with van der Waals surface area (Å²) in [4.78, 5) is 0. The van der Waals surface area contributed by atoms with Gasteiger partial charge in [-0.15, -0.1) is 0 Å². The largest absolute Gasteiger partial charge is 0.396 e. The highest BCUT2D eigenvalue weighted by Crippen LogP contribution is 2.33. The number of rotatable bonds is 1. The highest BCUT2D eigenvalue weighted by Gasteiger charge is 2.19. The predicted octanol–water partition coefficient (Wildman–Crippen LogP) is 2.61. The normalized spacial score (nSPS) is 21.2. The number of nitrogen functional groups attached to an aromatic ring is 1. The van der Waals surface area contributed by atoms with E-state index in [1.807, 2.05) is 12.1 Å². The lowest BCUT2D eigenvalue weighted by Crippen LogP contribution is -2.34. The summed E-state index contributed by atoms with van der Waals surface area (Å²) in [6.07, 6.45) is 1.14. The van der Waals surface area contributed by atoms with Crippen molar-refractivity contribution in [2.75, 3.05) is 12.3 Å². The number of hydrogen-bond donors (Lipinski definition) is 2. The van der Waals surface area contributed by atoms with E-state index in [1.54, 1.807) is 0 Å². The third kappa shape index (κ3) is 1.62. The molecule has 1 aliphatic rings. The van der Waals surface area contributed by atoms with Gasteiger partial charge < -0.3 is 11.1 Å². The first-order valence-electron chi connectivity index (χ1n) is 4.16.